The van der Waals surface area contributed by atoms with Crippen molar-refractivity contribution in [2.24, 2.45) is 4.99 Å². The second kappa shape index (κ2) is 12.2. The largest absolute Gasteiger partial charge is 0.486 e. The van der Waals surface area contributed by atoms with E-state index in [0.29, 0.717) is 19.0 Å². The molecule has 1 atom stereocenters. The summed E-state index contributed by atoms with van der Waals surface area (Å²) in [5.41, 5.74) is 0. The molecule has 1 aliphatic rings. The van der Waals surface area contributed by atoms with Crippen LogP contribution in [0.15, 0.2) is 52.1 Å². The standard InChI is InChI=1S/C22H31FN4O3/c1-18(30-21-7-3-2-6-20(21)23)17-26-22(24-9-8-19-5-4-14-29-19)25-10-11-27-12-15-28-16-13-27/h2-7,14,18H,8-13,15-17H2,1H3,(H2,24,25,26). The van der Waals surface area contributed by atoms with Gasteiger partial charge in [0, 0.05) is 39.1 Å². The summed E-state index contributed by atoms with van der Waals surface area (Å²) in [4.78, 5) is 6.99. The van der Waals surface area contributed by atoms with E-state index in [1.165, 1.54) is 6.07 Å². The van der Waals surface area contributed by atoms with Crippen LogP contribution in [0.2, 0.25) is 0 Å². The van der Waals surface area contributed by atoms with Crippen LogP contribution in [0, 0.1) is 5.82 Å². The van der Waals surface area contributed by atoms with E-state index in [4.69, 9.17) is 13.9 Å². The lowest BCUT2D eigenvalue weighted by atomic mass is 10.3. The first-order valence-electron chi connectivity index (χ1n) is 10.5. The molecule has 0 spiro atoms. The Bertz CT molecular complexity index is 764. The van der Waals surface area contributed by atoms with Gasteiger partial charge in [-0.25, -0.2) is 9.38 Å². The van der Waals surface area contributed by atoms with Crippen molar-refractivity contribution in [2.45, 2.75) is 19.4 Å². The SMILES string of the molecule is CC(CN=C(NCCc1ccco1)NCCN1CCOCC1)Oc1ccccc1F. The molecule has 1 saturated heterocycles. The number of nitrogens with one attached hydrogen (secondary N) is 2. The van der Waals surface area contributed by atoms with E-state index in [1.54, 1.807) is 24.5 Å². The Morgan fingerprint density at radius 3 is 2.73 bits per heavy atom. The zero-order chi connectivity index (χ0) is 21.0. The van der Waals surface area contributed by atoms with Crippen LogP contribution in [0.3, 0.4) is 0 Å². The number of nitrogens with zero attached hydrogens (tertiary/aromatic N) is 2. The summed E-state index contributed by atoms with van der Waals surface area (Å²) in [6, 6.07) is 10.2. The van der Waals surface area contributed by atoms with Gasteiger partial charge in [-0.3, -0.25) is 4.90 Å². The second-order valence-corrected chi connectivity index (χ2v) is 7.19. The van der Waals surface area contributed by atoms with Crippen LogP contribution in [0.25, 0.3) is 0 Å². The van der Waals surface area contributed by atoms with Crippen LogP contribution in [0.5, 0.6) is 5.75 Å². The van der Waals surface area contributed by atoms with Crippen molar-refractivity contribution in [3.63, 3.8) is 0 Å². The predicted molar refractivity (Wildman–Crippen MR) is 114 cm³/mol. The summed E-state index contributed by atoms with van der Waals surface area (Å²) >= 11 is 0. The number of hydrogen-bond acceptors (Lipinski definition) is 5. The van der Waals surface area contributed by atoms with E-state index in [0.717, 1.165) is 51.6 Å². The molecule has 1 aromatic carbocycles. The number of furan rings is 1. The predicted octanol–water partition coefficient (Wildman–Crippen LogP) is 2.30. The fourth-order valence-corrected chi connectivity index (χ4v) is 3.10. The number of ether oxygens (including phenoxy) is 2. The lowest BCUT2D eigenvalue weighted by Gasteiger charge is -2.26. The summed E-state index contributed by atoms with van der Waals surface area (Å²) in [5.74, 6) is 1.51. The van der Waals surface area contributed by atoms with Gasteiger partial charge in [0.15, 0.2) is 17.5 Å². The highest BCUT2D eigenvalue weighted by molar-refractivity contribution is 5.79. The van der Waals surface area contributed by atoms with E-state index >= 15 is 0 Å². The molecule has 30 heavy (non-hydrogen) atoms. The van der Waals surface area contributed by atoms with Gasteiger partial charge in [0.1, 0.15) is 11.9 Å². The van der Waals surface area contributed by atoms with Crippen molar-refractivity contribution in [1.82, 2.24) is 15.5 Å². The highest BCUT2D eigenvalue weighted by Crippen LogP contribution is 2.17. The molecule has 2 heterocycles. The number of halogens is 1. The molecule has 0 aliphatic carbocycles. The van der Waals surface area contributed by atoms with E-state index in [2.05, 4.69) is 20.5 Å². The summed E-state index contributed by atoms with van der Waals surface area (Å²) in [6.07, 6.45) is 2.18. The van der Waals surface area contributed by atoms with Crippen LogP contribution < -0.4 is 15.4 Å². The van der Waals surface area contributed by atoms with E-state index < -0.39 is 0 Å². The minimum absolute atomic E-state index is 0.243. The quantitative estimate of drug-likeness (QED) is 0.456. The zero-order valence-corrected chi connectivity index (χ0v) is 17.5. The Labute approximate surface area is 177 Å². The van der Waals surface area contributed by atoms with Crippen molar-refractivity contribution in [3.05, 3.63) is 54.2 Å². The monoisotopic (exact) mass is 418 g/mol. The van der Waals surface area contributed by atoms with Crippen molar-refractivity contribution in [3.8, 4) is 5.75 Å². The Kier molecular flexibility index (Phi) is 8.99. The van der Waals surface area contributed by atoms with Crippen molar-refractivity contribution in [1.29, 1.82) is 0 Å². The topological polar surface area (TPSA) is 71.3 Å². The number of aliphatic imine (C=N–C) groups is 1. The molecule has 2 N–H and O–H groups in total. The van der Waals surface area contributed by atoms with Crippen LogP contribution in [0.1, 0.15) is 12.7 Å². The van der Waals surface area contributed by atoms with Gasteiger partial charge in [-0.1, -0.05) is 12.1 Å². The van der Waals surface area contributed by atoms with Crippen molar-refractivity contribution >= 4 is 5.96 Å². The van der Waals surface area contributed by atoms with Gasteiger partial charge in [0.25, 0.3) is 0 Å². The van der Waals surface area contributed by atoms with Crippen LogP contribution >= 0.6 is 0 Å². The van der Waals surface area contributed by atoms with Gasteiger partial charge < -0.3 is 24.5 Å². The number of guanidine groups is 1. The first kappa shape index (κ1) is 22.1. The van der Waals surface area contributed by atoms with Crippen LogP contribution in [-0.4, -0.2) is 69.4 Å². The Morgan fingerprint density at radius 1 is 1.17 bits per heavy atom. The van der Waals surface area contributed by atoms with Crippen LogP contribution in [-0.2, 0) is 11.2 Å². The van der Waals surface area contributed by atoms with Crippen LogP contribution in [0.4, 0.5) is 4.39 Å². The highest BCUT2D eigenvalue weighted by Gasteiger charge is 2.11. The van der Waals surface area contributed by atoms with E-state index in [9.17, 15) is 4.39 Å². The number of morpholine rings is 1. The third-order valence-electron chi connectivity index (χ3n) is 4.74. The fraction of sp³-hybridized carbons (Fsp3) is 0.500. The lowest BCUT2D eigenvalue weighted by Crippen LogP contribution is -2.45. The number of benzene rings is 1. The summed E-state index contributed by atoms with van der Waals surface area (Å²) in [5, 5.41) is 6.71. The maximum atomic E-state index is 13.8. The van der Waals surface area contributed by atoms with Gasteiger partial charge in [-0.2, -0.15) is 0 Å². The highest BCUT2D eigenvalue weighted by atomic mass is 19.1. The van der Waals surface area contributed by atoms with Crippen molar-refractivity contribution in [2.75, 3.05) is 52.5 Å². The summed E-state index contributed by atoms with van der Waals surface area (Å²) in [6.45, 7) is 8.14. The van der Waals surface area contributed by atoms with Gasteiger partial charge in [-0.05, 0) is 31.2 Å². The number of rotatable bonds is 10. The third kappa shape index (κ3) is 7.68. The third-order valence-corrected chi connectivity index (χ3v) is 4.74. The van der Waals surface area contributed by atoms with Gasteiger partial charge in [0.2, 0.25) is 0 Å². The summed E-state index contributed by atoms with van der Waals surface area (Å²) in [7, 11) is 0. The normalized spacial score (nSPS) is 16.3. The molecule has 0 radical (unpaired) electrons. The fourth-order valence-electron chi connectivity index (χ4n) is 3.10. The van der Waals surface area contributed by atoms with Gasteiger partial charge >= 0.3 is 0 Å². The molecule has 1 unspecified atom stereocenters. The number of hydrogen-bond donors (Lipinski definition) is 2. The maximum absolute atomic E-state index is 13.8. The molecule has 2 aromatic rings. The second-order valence-electron chi connectivity index (χ2n) is 7.19. The molecule has 1 fully saturated rings. The van der Waals surface area contributed by atoms with Crippen molar-refractivity contribution < 1.29 is 18.3 Å². The van der Waals surface area contributed by atoms with E-state index in [-0.39, 0.29) is 17.7 Å². The average molecular weight is 419 g/mol. The van der Waals surface area contributed by atoms with Gasteiger partial charge in [-0.15, -0.1) is 0 Å². The lowest BCUT2D eigenvalue weighted by molar-refractivity contribution is 0.0389. The first-order chi connectivity index (χ1) is 14.7. The van der Waals surface area contributed by atoms with Gasteiger partial charge in [0.05, 0.1) is 26.0 Å². The molecule has 164 valence electrons. The Morgan fingerprint density at radius 2 is 1.97 bits per heavy atom. The molecule has 3 rings (SSSR count). The summed E-state index contributed by atoms with van der Waals surface area (Å²) < 4.78 is 30.2. The average Bonchev–Trinajstić information content (AvgIpc) is 3.27. The minimum atomic E-state index is -0.367. The molecule has 0 amide bonds. The molecule has 0 saturated carbocycles. The Balaban J connectivity index is 1.49. The Hall–Kier alpha value is -2.58. The molecular formula is C22H31FN4O3. The molecule has 8 heteroatoms. The maximum Gasteiger partial charge on any atom is 0.191 e. The molecule has 0 bridgehead atoms. The molecule has 1 aliphatic heterocycles. The molecular weight excluding hydrogens is 387 g/mol. The first-order valence-corrected chi connectivity index (χ1v) is 10.5. The smallest absolute Gasteiger partial charge is 0.191 e. The van der Waals surface area contributed by atoms with E-state index in [1.807, 2.05) is 19.1 Å². The minimum Gasteiger partial charge on any atom is -0.486 e. The number of para-hydroxylation sites is 1. The zero-order valence-electron chi connectivity index (χ0n) is 17.5. The molecule has 7 nitrogen and oxygen atoms in total. The molecule has 1 aromatic heterocycles.